The maximum atomic E-state index is 12.0. The monoisotopic (exact) mass is 282 g/mol. The van der Waals surface area contributed by atoms with Crippen LogP contribution in [0, 0.1) is 10.1 Å². The molecule has 1 unspecified atom stereocenters. The molecule has 0 heterocycles. The van der Waals surface area contributed by atoms with Crippen molar-refractivity contribution in [3.05, 3.63) is 33.9 Å². The fourth-order valence-corrected chi connectivity index (χ4v) is 1.57. The Morgan fingerprint density at radius 1 is 1.35 bits per heavy atom. The number of methoxy groups -OCH3 is 2. The highest BCUT2D eigenvalue weighted by atomic mass is 16.6. The number of esters is 1. The van der Waals surface area contributed by atoms with Crippen LogP contribution in [-0.2, 0) is 9.53 Å². The summed E-state index contributed by atoms with van der Waals surface area (Å²) in [4.78, 5) is 33.4. The number of hydrogen-bond donors (Lipinski definition) is 1. The van der Waals surface area contributed by atoms with Gasteiger partial charge in [0.05, 0.1) is 24.7 Å². The van der Waals surface area contributed by atoms with E-state index in [2.05, 4.69) is 10.1 Å². The van der Waals surface area contributed by atoms with E-state index in [-0.39, 0.29) is 17.0 Å². The van der Waals surface area contributed by atoms with Crippen molar-refractivity contribution in [2.45, 2.75) is 13.0 Å². The smallest absolute Gasteiger partial charge is 0.328 e. The molecule has 0 aliphatic heterocycles. The van der Waals surface area contributed by atoms with E-state index in [1.54, 1.807) is 0 Å². The van der Waals surface area contributed by atoms with Gasteiger partial charge in [-0.3, -0.25) is 14.9 Å². The minimum absolute atomic E-state index is 0.0301. The molecule has 1 rings (SSSR count). The SMILES string of the molecule is COC(=O)C(C)NC(=O)c1cccc([N+](=O)[O-])c1OC. The molecule has 0 fully saturated rings. The van der Waals surface area contributed by atoms with Gasteiger partial charge in [-0.1, -0.05) is 6.07 Å². The topological polar surface area (TPSA) is 108 Å². The Bertz CT molecular complexity index is 543. The summed E-state index contributed by atoms with van der Waals surface area (Å²) in [7, 11) is 2.42. The normalized spacial score (nSPS) is 11.3. The molecule has 1 N–H and O–H groups in total. The van der Waals surface area contributed by atoms with Crippen molar-refractivity contribution in [2.24, 2.45) is 0 Å². The van der Waals surface area contributed by atoms with Crippen molar-refractivity contribution in [1.82, 2.24) is 5.32 Å². The number of amides is 1. The van der Waals surface area contributed by atoms with E-state index in [1.165, 1.54) is 39.3 Å². The maximum absolute atomic E-state index is 12.0. The number of nitrogens with zero attached hydrogens (tertiary/aromatic N) is 1. The van der Waals surface area contributed by atoms with E-state index in [9.17, 15) is 19.7 Å². The number of nitro benzene ring substituents is 1. The van der Waals surface area contributed by atoms with Gasteiger partial charge in [0.2, 0.25) is 5.75 Å². The molecule has 0 aliphatic carbocycles. The molecule has 1 aromatic carbocycles. The molecule has 8 heteroatoms. The minimum atomic E-state index is -0.878. The standard InChI is InChI=1S/C12H14N2O6/c1-7(12(16)20-3)13-11(15)8-5-4-6-9(14(17)18)10(8)19-2/h4-7H,1-3H3,(H,13,15). The second kappa shape index (κ2) is 6.50. The molecule has 1 atom stereocenters. The van der Waals surface area contributed by atoms with E-state index in [1.807, 2.05) is 0 Å². The van der Waals surface area contributed by atoms with E-state index in [4.69, 9.17) is 4.74 Å². The van der Waals surface area contributed by atoms with Gasteiger partial charge in [0, 0.05) is 6.07 Å². The fraction of sp³-hybridized carbons (Fsp3) is 0.333. The van der Waals surface area contributed by atoms with Gasteiger partial charge in [0.1, 0.15) is 6.04 Å². The molecular weight excluding hydrogens is 268 g/mol. The first-order chi connectivity index (χ1) is 9.42. The van der Waals surface area contributed by atoms with E-state index in [0.29, 0.717) is 0 Å². The third-order valence-electron chi connectivity index (χ3n) is 2.54. The van der Waals surface area contributed by atoms with Gasteiger partial charge < -0.3 is 14.8 Å². The van der Waals surface area contributed by atoms with Gasteiger partial charge in [0.15, 0.2) is 0 Å². The number of hydrogen-bond acceptors (Lipinski definition) is 6. The van der Waals surface area contributed by atoms with Crippen LogP contribution in [0.5, 0.6) is 5.75 Å². The highest BCUT2D eigenvalue weighted by Crippen LogP contribution is 2.30. The first-order valence-electron chi connectivity index (χ1n) is 5.62. The third-order valence-corrected chi connectivity index (χ3v) is 2.54. The number of para-hydroxylation sites is 1. The average molecular weight is 282 g/mol. The summed E-state index contributed by atoms with van der Waals surface area (Å²) in [5, 5.41) is 13.2. The highest BCUT2D eigenvalue weighted by Gasteiger charge is 2.24. The van der Waals surface area contributed by atoms with Crippen LogP contribution in [0.25, 0.3) is 0 Å². The molecule has 0 radical (unpaired) electrons. The third kappa shape index (κ3) is 3.22. The number of ether oxygens (including phenoxy) is 2. The lowest BCUT2D eigenvalue weighted by molar-refractivity contribution is -0.385. The second-order valence-corrected chi connectivity index (χ2v) is 3.83. The summed E-state index contributed by atoms with van der Waals surface area (Å²) in [6.45, 7) is 1.44. The number of benzene rings is 1. The molecule has 1 amide bonds. The second-order valence-electron chi connectivity index (χ2n) is 3.83. The van der Waals surface area contributed by atoms with Crippen molar-refractivity contribution in [3.63, 3.8) is 0 Å². The van der Waals surface area contributed by atoms with Crippen molar-refractivity contribution in [2.75, 3.05) is 14.2 Å². The van der Waals surface area contributed by atoms with Crippen LogP contribution in [0.2, 0.25) is 0 Å². The zero-order valence-corrected chi connectivity index (χ0v) is 11.2. The number of nitro groups is 1. The number of nitrogens with one attached hydrogen (secondary N) is 1. The van der Waals surface area contributed by atoms with Gasteiger partial charge in [-0.05, 0) is 13.0 Å². The summed E-state index contributed by atoms with van der Waals surface area (Å²) in [6.07, 6.45) is 0. The molecule has 108 valence electrons. The summed E-state index contributed by atoms with van der Waals surface area (Å²) >= 11 is 0. The van der Waals surface area contributed by atoms with Crippen LogP contribution >= 0.6 is 0 Å². The van der Waals surface area contributed by atoms with Crippen molar-refractivity contribution in [3.8, 4) is 5.75 Å². The lowest BCUT2D eigenvalue weighted by atomic mass is 10.1. The first-order valence-corrected chi connectivity index (χ1v) is 5.62. The molecule has 0 bridgehead atoms. The molecule has 0 saturated carbocycles. The molecule has 8 nitrogen and oxygen atoms in total. The molecule has 1 aromatic rings. The predicted octanol–water partition coefficient (Wildman–Crippen LogP) is 0.895. The molecule has 0 saturated heterocycles. The molecule has 0 spiro atoms. The van der Waals surface area contributed by atoms with Crippen LogP contribution < -0.4 is 10.1 Å². The Hall–Kier alpha value is -2.64. The van der Waals surface area contributed by atoms with E-state index >= 15 is 0 Å². The van der Waals surface area contributed by atoms with Crippen LogP contribution in [0.1, 0.15) is 17.3 Å². The van der Waals surface area contributed by atoms with Gasteiger partial charge >= 0.3 is 11.7 Å². The zero-order valence-electron chi connectivity index (χ0n) is 11.2. The zero-order chi connectivity index (χ0) is 15.3. The average Bonchev–Trinajstić information content (AvgIpc) is 2.44. The largest absolute Gasteiger partial charge is 0.490 e. The van der Waals surface area contributed by atoms with Crippen LogP contribution in [0.15, 0.2) is 18.2 Å². The number of carbonyl (C=O) groups is 2. The van der Waals surface area contributed by atoms with Crippen molar-refractivity contribution < 1.29 is 24.0 Å². The van der Waals surface area contributed by atoms with Crippen molar-refractivity contribution in [1.29, 1.82) is 0 Å². The predicted molar refractivity (Wildman–Crippen MR) is 68.6 cm³/mol. The van der Waals surface area contributed by atoms with Gasteiger partial charge in [-0.25, -0.2) is 4.79 Å². The summed E-state index contributed by atoms with van der Waals surface area (Å²) in [5.74, 6) is -1.45. The quantitative estimate of drug-likeness (QED) is 0.488. The van der Waals surface area contributed by atoms with Crippen molar-refractivity contribution >= 4 is 17.6 Å². The Balaban J connectivity index is 3.07. The Morgan fingerprint density at radius 3 is 2.50 bits per heavy atom. The van der Waals surface area contributed by atoms with Crippen LogP contribution in [0.4, 0.5) is 5.69 Å². The Labute approximate surface area is 114 Å². The maximum Gasteiger partial charge on any atom is 0.328 e. The minimum Gasteiger partial charge on any atom is -0.490 e. The van der Waals surface area contributed by atoms with Gasteiger partial charge in [-0.2, -0.15) is 0 Å². The molecule has 0 aromatic heterocycles. The van der Waals surface area contributed by atoms with Crippen LogP contribution in [0.3, 0.4) is 0 Å². The van der Waals surface area contributed by atoms with E-state index in [0.717, 1.165) is 0 Å². The fourth-order valence-electron chi connectivity index (χ4n) is 1.57. The molecule has 20 heavy (non-hydrogen) atoms. The molecular formula is C12H14N2O6. The first kappa shape index (κ1) is 15.4. The van der Waals surface area contributed by atoms with Gasteiger partial charge in [0.25, 0.3) is 5.91 Å². The Kier molecular flexibility index (Phi) is 5.01. The highest BCUT2D eigenvalue weighted by molar-refractivity contribution is 6.00. The van der Waals surface area contributed by atoms with Gasteiger partial charge in [-0.15, -0.1) is 0 Å². The van der Waals surface area contributed by atoms with E-state index < -0.39 is 22.8 Å². The van der Waals surface area contributed by atoms with Crippen LogP contribution in [-0.4, -0.2) is 37.1 Å². The summed E-state index contributed by atoms with van der Waals surface area (Å²) < 4.78 is 9.38. The Morgan fingerprint density at radius 2 is 2.00 bits per heavy atom. The molecule has 0 aliphatic rings. The lowest BCUT2D eigenvalue weighted by Gasteiger charge is -2.13. The lowest BCUT2D eigenvalue weighted by Crippen LogP contribution is -2.39. The number of rotatable bonds is 5. The summed E-state index contributed by atoms with van der Waals surface area (Å²) in [6, 6.07) is 3.07. The summed E-state index contributed by atoms with van der Waals surface area (Å²) in [5.41, 5.74) is -0.358. The number of carbonyl (C=O) groups excluding carboxylic acids is 2.